The summed E-state index contributed by atoms with van der Waals surface area (Å²) in [7, 11) is 0. The van der Waals surface area contributed by atoms with Crippen molar-refractivity contribution in [2.75, 3.05) is 26.2 Å². The number of aromatic hydroxyl groups is 1. The van der Waals surface area contributed by atoms with Crippen molar-refractivity contribution in [1.29, 1.82) is 0 Å². The highest BCUT2D eigenvalue weighted by Crippen LogP contribution is 2.57. The van der Waals surface area contributed by atoms with Crippen molar-refractivity contribution in [2.45, 2.75) is 115 Å². The lowest BCUT2D eigenvalue weighted by Gasteiger charge is -2.55. The molecule has 2 amide bonds. The minimum Gasteiger partial charge on any atom is -0.508 e. The number of piperidine rings is 1. The van der Waals surface area contributed by atoms with Crippen LogP contribution in [0.15, 0.2) is 53.5 Å². The Morgan fingerprint density at radius 1 is 1.12 bits per heavy atom. The summed E-state index contributed by atoms with van der Waals surface area (Å²) in [5, 5.41) is 16.6. The summed E-state index contributed by atoms with van der Waals surface area (Å²) in [6, 6.07) is 15.9. The molecule has 2 aromatic carbocycles. The number of hydrogen-bond acceptors (Lipinski definition) is 5. The third-order valence-corrected chi connectivity index (χ3v) is 11.7. The number of benzene rings is 2. The Bertz CT molecular complexity index is 1440. The van der Waals surface area contributed by atoms with Crippen LogP contribution in [0.25, 0.3) is 0 Å². The van der Waals surface area contributed by atoms with Crippen molar-refractivity contribution < 1.29 is 14.7 Å². The molecule has 1 heterocycles. The van der Waals surface area contributed by atoms with Gasteiger partial charge < -0.3 is 21.5 Å². The van der Waals surface area contributed by atoms with Gasteiger partial charge in [-0.1, -0.05) is 77.4 Å². The van der Waals surface area contributed by atoms with E-state index >= 15 is 0 Å². The van der Waals surface area contributed by atoms with E-state index in [1.807, 2.05) is 30.3 Å². The van der Waals surface area contributed by atoms with Gasteiger partial charge in [-0.2, -0.15) is 0 Å². The zero-order valence-electron chi connectivity index (χ0n) is 29.9. The van der Waals surface area contributed by atoms with Gasteiger partial charge in [-0.15, -0.1) is 0 Å². The maximum Gasteiger partial charge on any atom is 0.242 e. The Kier molecular flexibility index (Phi) is 11.5. The topological polar surface area (TPSA) is 120 Å². The number of nitrogens with two attached hydrogens (primary N) is 1. The number of nitrogens with zero attached hydrogens (tertiary/aromatic N) is 2. The van der Waals surface area contributed by atoms with Gasteiger partial charge in [0, 0.05) is 32.1 Å². The highest BCUT2D eigenvalue weighted by atomic mass is 16.3. The number of fused-ring (bicyclic) bond motifs is 4. The molecule has 0 radical (unpaired) electrons. The Morgan fingerprint density at radius 3 is 2.62 bits per heavy atom. The highest BCUT2D eigenvalue weighted by Gasteiger charge is 2.62. The zero-order chi connectivity index (χ0) is 34.5. The minimum absolute atomic E-state index is 0.0254. The predicted molar refractivity (Wildman–Crippen MR) is 194 cm³/mol. The van der Waals surface area contributed by atoms with E-state index in [9.17, 15) is 14.7 Å². The first-order valence-electron chi connectivity index (χ1n) is 18.5. The molecule has 1 aliphatic heterocycles. The molecule has 1 saturated heterocycles. The van der Waals surface area contributed by atoms with Gasteiger partial charge in [0.25, 0.3) is 0 Å². The van der Waals surface area contributed by atoms with Crippen molar-refractivity contribution in [3.63, 3.8) is 0 Å². The fraction of sp³-hybridized carbons (Fsp3) is 0.625. The predicted octanol–water partition coefficient (Wildman–Crippen LogP) is 5.85. The van der Waals surface area contributed by atoms with Crippen LogP contribution in [0.5, 0.6) is 5.75 Å². The van der Waals surface area contributed by atoms with Crippen LogP contribution < -0.4 is 16.4 Å². The van der Waals surface area contributed by atoms with Gasteiger partial charge in [0.1, 0.15) is 11.8 Å². The molecule has 8 nitrogen and oxygen atoms in total. The molecule has 2 aromatic rings. The number of carbonyl (C=O) groups is 2. The van der Waals surface area contributed by atoms with Crippen LogP contribution >= 0.6 is 0 Å². The summed E-state index contributed by atoms with van der Waals surface area (Å²) < 4.78 is 0. The van der Waals surface area contributed by atoms with Gasteiger partial charge >= 0.3 is 0 Å². The summed E-state index contributed by atoms with van der Waals surface area (Å²) in [5.74, 6) is 1.77. The van der Waals surface area contributed by atoms with E-state index in [1.54, 1.807) is 0 Å². The van der Waals surface area contributed by atoms with Crippen LogP contribution in [-0.4, -0.2) is 65.9 Å². The van der Waals surface area contributed by atoms with Crippen LogP contribution in [0.1, 0.15) is 103 Å². The molecule has 1 saturated carbocycles. The molecule has 0 aromatic heterocycles. The molecule has 3 aliphatic rings. The van der Waals surface area contributed by atoms with E-state index in [4.69, 9.17) is 5.73 Å². The number of carbonyl (C=O) groups excluding carboxylic acids is 2. The summed E-state index contributed by atoms with van der Waals surface area (Å²) in [5.41, 5.74) is 9.03. The third kappa shape index (κ3) is 7.74. The maximum atomic E-state index is 14.4. The van der Waals surface area contributed by atoms with Gasteiger partial charge in [0.15, 0.2) is 0 Å². The quantitative estimate of drug-likeness (QED) is 0.103. The van der Waals surface area contributed by atoms with E-state index in [2.05, 4.69) is 73.3 Å². The SMILES string of the molecule is CCCCC(N)=NCCCCNC(=O)[C@H](CC(C)C)NC(=O)[C@]1(c2ccccc2)C[C@@H]1CN1CC[C@@]2(C)c3cc(O)ccc3C[C@@H]1[C@H]2C. The molecule has 262 valence electrons. The Balaban J connectivity index is 1.24. The molecule has 5 rings (SSSR count). The average Bonchev–Trinajstić information content (AvgIpc) is 3.79. The van der Waals surface area contributed by atoms with Crippen molar-refractivity contribution in [1.82, 2.24) is 15.5 Å². The Hall–Kier alpha value is -3.39. The zero-order valence-corrected chi connectivity index (χ0v) is 29.9. The minimum atomic E-state index is -0.644. The number of nitrogens with one attached hydrogen (secondary N) is 2. The number of phenols is 1. The summed E-state index contributed by atoms with van der Waals surface area (Å²) >= 11 is 0. The number of hydrogen-bond donors (Lipinski definition) is 4. The monoisotopic (exact) mass is 657 g/mol. The van der Waals surface area contributed by atoms with E-state index in [0.29, 0.717) is 43.1 Å². The molecular weight excluding hydrogens is 598 g/mol. The standard InChI is InChI=1S/C40H59N5O3/c1-6-7-15-36(41)42-19-11-12-20-43-37(47)34(22-27(2)3)44-38(48)40(30-13-9-8-10-14-30)25-31(40)26-45-21-18-39(5)28(4)35(45)23-29-16-17-32(46)24-33(29)39/h8-10,13-14,16-17,24,27-28,31,34-35,46H,6-7,11-12,15,18-23,25-26H2,1-5H3,(H2,41,42)(H,43,47)(H,44,48)/t28-,31-,34+,35-,39-,40+/m1/s1. The summed E-state index contributed by atoms with van der Waals surface area (Å²) in [6.07, 6.45) is 8.01. The third-order valence-electron chi connectivity index (χ3n) is 11.7. The van der Waals surface area contributed by atoms with Crippen LogP contribution in [-0.2, 0) is 26.8 Å². The molecule has 8 heteroatoms. The molecule has 5 N–H and O–H groups in total. The molecule has 0 unspecified atom stereocenters. The van der Waals surface area contributed by atoms with Crippen molar-refractivity contribution in [3.05, 3.63) is 65.2 Å². The lowest BCUT2D eigenvalue weighted by Crippen LogP contribution is -2.58. The summed E-state index contributed by atoms with van der Waals surface area (Å²) in [6.45, 7) is 14.1. The summed E-state index contributed by atoms with van der Waals surface area (Å²) in [4.78, 5) is 34.9. The fourth-order valence-electron chi connectivity index (χ4n) is 8.47. The molecule has 0 spiro atoms. The average molecular weight is 658 g/mol. The van der Waals surface area contributed by atoms with Crippen LogP contribution in [0.4, 0.5) is 0 Å². The maximum absolute atomic E-state index is 14.4. The number of amidine groups is 1. The number of unbranched alkanes of at least 4 members (excludes halogenated alkanes) is 2. The van der Waals surface area contributed by atoms with Gasteiger partial charge in [-0.05, 0) is 103 Å². The molecule has 2 aliphatic carbocycles. The Morgan fingerprint density at radius 2 is 1.90 bits per heavy atom. The number of amides is 2. The lowest BCUT2D eigenvalue weighted by molar-refractivity contribution is -0.131. The highest BCUT2D eigenvalue weighted by molar-refractivity contribution is 5.95. The second-order valence-corrected chi connectivity index (χ2v) is 15.4. The first-order chi connectivity index (χ1) is 23.0. The normalized spacial score (nSPS) is 27.3. The molecule has 2 bridgehead atoms. The van der Waals surface area contributed by atoms with Gasteiger partial charge in [0.2, 0.25) is 11.8 Å². The Labute approximate surface area is 288 Å². The van der Waals surface area contributed by atoms with Gasteiger partial charge in [0.05, 0.1) is 11.3 Å². The van der Waals surface area contributed by atoms with Crippen molar-refractivity contribution >= 4 is 17.6 Å². The molecule has 6 atom stereocenters. The van der Waals surface area contributed by atoms with Crippen LogP contribution in [0.3, 0.4) is 0 Å². The molecular formula is C40H59N5O3. The van der Waals surface area contributed by atoms with Crippen molar-refractivity contribution in [2.24, 2.45) is 28.5 Å². The van der Waals surface area contributed by atoms with Crippen LogP contribution in [0, 0.1) is 17.8 Å². The lowest BCUT2D eigenvalue weighted by atomic mass is 9.59. The van der Waals surface area contributed by atoms with E-state index in [0.717, 1.165) is 70.0 Å². The second-order valence-electron chi connectivity index (χ2n) is 15.4. The number of aliphatic imine (C=N–C) groups is 1. The number of likely N-dealkylation sites (tertiary alicyclic amines) is 1. The number of phenolic OH excluding ortho intramolecular Hbond substituents is 1. The largest absolute Gasteiger partial charge is 0.508 e. The molecule has 2 fully saturated rings. The first-order valence-corrected chi connectivity index (χ1v) is 18.5. The smallest absolute Gasteiger partial charge is 0.242 e. The van der Waals surface area contributed by atoms with E-state index < -0.39 is 11.5 Å². The van der Waals surface area contributed by atoms with E-state index in [-0.39, 0.29) is 29.1 Å². The van der Waals surface area contributed by atoms with Crippen molar-refractivity contribution in [3.8, 4) is 5.75 Å². The number of rotatable bonds is 16. The molecule has 48 heavy (non-hydrogen) atoms. The van der Waals surface area contributed by atoms with Crippen LogP contribution in [0.2, 0.25) is 0 Å². The fourth-order valence-corrected chi connectivity index (χ4v) is 8.47. The van der Waals surface area contributed by atoms with E-state index in [1.165, 1.54) is 11.1 Å². The van der Waals surface area contributed by atoms with Gasteiger partial charge in [-0.25, -0.2) is 0 Å². The first kappa shape index (κ1) is 35.9. The second kappa shape index (κ2) is 15.4. The van der Waals surface area contributed by atoms with Gasteiger partial charge in [-0.3, -0.25) is 19.5 Å².